The van der Waals surface area contributed by atoms with Crippen molar-refractivity contribution in [2.45, 2.75) is 19.6 Å². The summed E-state index contributed by atoms with van der Waals surface area (Å²) in [4.78, 5) is 0. The van der Waals surface area contributed by atoms with Gasteiger partial charge in [-0.05, 0) is 41.8 Å². The van der Waals surface area contributed by atoms with E-state index in [9.17, 15) is 9.50 Å². The number of hydrogen-bond acceptors (Lipinski definition) is 4. The average Bonchev–Trinajstić information content (AvgIpc) is 2.57. The van der Waals surface area contributed by atoms with Crippen LogP contribution in [0.5, 0.6) is 11.5 Å². The van der Waals surface area contributed by atoms with Crippen LogP contribution in [-0.4, -0.2) is 25.9 Å². The van der Waals surface area contributed by atoms with Crippen molar-refractivity contribution in [3.63, 3.8) is 0 Å². The Balaban J connectivity index is 1.96. The number of ether oxygens (including phenoxy) is 2. The fraction of sp³-hybridized carbons (Fsp3) is 0.333. The van der Waals surface area contributed by atoms with E-state index in [2.05, 4.69) is 5.32 Å². The van der Waals surface area contributed by atoms with Crippen LogP contribution in [0.3, 0.4) is 0 Å². The maximum Gasteiger partial charge on any atom is 0.126 e. The Labute approximate surface area is 135 Å². The number of hydrogen-bond donors (Lipinski definition) is 2. The van der Waals surface area contributed by atoms with Crippen LogP contribution in [0, 0.1) is 12.7 Å². The van der Waals surface area contributed by atoms with Crippen molar-refractivity contribution < 1.29 is 19.0 Å². The highest BCUT2D eigenvalue weighted by Crippen LogP contribution is 2.26. The molecule has 0 spiro atoms. The fourth-order valence-corrected chi connectivity index (χ4v) is 2.31. The number of rotatable bonds is 7. The molecule has 0 saturated carbocycles. The van der Waals surface area contributed by atoms with Crippen LogP contribution in [0.1, 0.15) is 22.8 Å². The van der Waals surface area contributed by atoms with E-state index < -0.39 is 6.10 Å². The first-order chi connectivity index (χ1) is 11.0. The quantitative estimate of drug-likeness (QED) is 0.824. The second-order valence-corrected chi connectivity index (χ2v) is 5.38. The molecule has 5 heteroatoms. The zero-order chi connectivity index (χ0) is 16.8. The smallest absolute Gasteiger partial charge is 0.126 e. The summed E-state index contributed by atoms with van der Waals surface area (Å²) < 4.78 is 23.6. The Morgan fingerprint density at radius 1 is 1.09 bits per heavy atom. The summed E-state index contributed by atoms with van der Waals surface area (Å²) in [6.07, 6.45) is -0.694. The van der Waals surface area contributed by atoms with E-state index in [0.717, 1.165) is 5.56 Å². The Bertz CT molecular complexity index is 638. The van der Waals surface area contributed by atoms with Gasteiger partial charge in [0.2, 0.25) is 0 Å². The van der Waals surface area contributed by atoms with Gasteiger partial charge in [0.25, 0.3) is 0 Å². The van der Waals surface area contributed by atoms with Crippen molar-refractivity contribution in [2.75, 3.05) is 20.8 Å². The number of aliphatic hydroxyl groups excluding tert-OH is 1. The van der Waals surface area contributed by atoms with Gasteiger partial charge in [-0.2, -0.15) is 0 Å². The topological polar surface area (TPSA) is 50.7 Å². The van der Waals surface area contributed by atoms with Crippen molar-refractivity contribution in [1.82, 2.24) is 5.32 Å². The van der Waals surface area contributed by atoms with Crippen LogP contribution in [-0.2, 0) is 6.54 Å². The predicted octanol–water partition coefficient (Wildman–Crippen LogP) is 2.97. The molecule has 4 nitrogen and oxygen atoms in total. The molecule has 0 aromatic heterocycles. The molecule has 0 amide bonds. The summed E-state index contributed by atoms with van der Waals surface area (Å²) in [5, 5.41) is 13.5. The van der Waals surface area contributed by atoms with Gasteiger partial charge in [0.15, 0.2) is 0 Å². The Morgan fingerprint density at radius 3 is 2.30 bits per heavy atom. The van der Waals surface area contributed by atoms with E-state index >= 15 is 0 Å². The van der Waals surface area contributed by atoms with Crippen LogP contribution < -0.4 is 14.8 Å². The molecule has 0 heterocycles. The molecule has 0 fully saturated rings. The van der Waals surface area contributed by atoms with E-state index in [1.165, 1.54) is 6.07 Å². The SMILES string of the molecule is COc1cc(OC)cc(C(O)CNCc2ccc(F)c(C)c2)c1. The zero-order valence-corrected chi connectivity index (χ0v) is 13.6. The van der Waals surface area contributed by atoms with Crippen molar-refractivity contribution >= 4 is 0 Å². The third kappa shape index (κ3) is 4.68. The van der Waals surface area contributed by atoms with Gasteiger partial charge in [-0.3, -0.25) is 0 Å². The van der Waals surface area contributed by atoms with Gasteiger partial charge in [-0.1, -0.05) is 12.1 Å². The largest absolute Gasteiger partial charge is 0.497 e. The molecule has 2 aromatic rings. The van der Waals surface area contributed by atoms with Gasteiger partial charge >= 0.3 is 0 Å². The lowest BCUT2D eigenvalue weighted by molar-refractivity contribution is 0.173. The van der Waals surface area contributed by atoms with E-state index in [-0.39, 0.29) is 5.82 Å². The van der Waals surface area contributed by atoms with E-state index in [0.29, 0.717) is 35.7 Å². The molecule has 0 bridgehead atoms. The Morgan fingerprint density at radius 2 is 1.74 bits per heavy atom. The van der Waals surface area contributed by atoms with Crippen LogP contribution in [0.2, 0.25) is 0 Å². The number of nitrogens with one attached hydrogen (secondary N) is 1. The number of aryl methyl sites for hydroxylation is 1. The van der Waals surface area contributed by atoms with Gasteiger partial charge in [0.1, 0.15) is 17.3 Å². The molecule has 2 rings (SSSR count). The Kier molecular flexibility index (Phi) is 5.96. The molecule has 23 heavy (non-hydrogen) atoms. The molecule has 1 atom stereocenters. The highest BCUT2D eigenvalue weighted by Gasteiger charge is 2.11. The van der Waals surface area contributed by atoms with E-state index in [1.54, 1.807) is 51.5 Å². The molecular weight excluding hydrogens is 297 g/mol. The van der Waals surface area contributed by atoms with E-state index in [1.807, 2.05) is 0 Å². The summed E-state index contributed by atoms with van der Waals surface area (Å²) in [5.74, 6) is 1.05. The molecule has 124 valence electrons. The van der Waals surface area contributed by atoms with Crippen LogP contribution in [0.4, 0.5) is 4.39 Å². The third-order valence-electron chi connectivity index (χ3n) is 3.65. The van der Waals surface area contributed by atoms with E-state index in [4.69, 9.17) is 9.47 Å². The predicted molar refractivity (Wildman–Crippen MR) is 87.3 cm³/mol. The summed E-state index contributed by atoms with van der Waals surface area (Å²) in [6, 6.07) is 10.3. The molecule has 0 aliphatic heterocycles. The lowest BCUT2D eigenvalue weighted by Crippen LogP contribution is -2.21. The number of halogens is 1. The summed E-state index contributed by atoms with van der Waals surface area (Å²) in [5.41, 5.74) is 2.30. The third-order valence-corrected chi connectivity index (χ3v) is 3.65. The molecule has 0 aliphatic carbocycles. The fourth-order valence-electron chi connectivity index (χ4n) is 2.31. The van der Waals surface area contributed by atoms with Gasteiger partial charge < -0.3 is 19.9 Å². The maximum atomic E-state index is 13.2. The normalized spacial score (nSPS) is 12.0. The van der Waals surface area contributed by atoms with Crippen molar-refractivity contribution in [3.05, 3.63) is 58.9 Å². The van der Waals surface area contributed by atoms with Crippen LogP contribution in [0.25, 0.3) is 0 Å². The molecule has 1 unspecified atom stereocenters. The summed E-state index contributed by atoms with van der Waals surface area (Å²) in [7, 11) is 3.14. The van der Waals surface area contributed by atoms with Crippen molar-refractivity contribution in [2.24, 2.45) is 0 Å². The van der Waals surface area contributed by atoms with Crippen LogP contribution in [0.15, 0.2) is 36.4 Å². The lowest BCUT2D eigenvalue weighted by atomic mass is 10.1. The van der Waals surface area contributed by atoms with Gasteiger partial charge in [0.05, 0.1) is 20.3 Å². The number of methoxy groups -OCH3 is 2. The minimum atomic E-state index is -0.694. The molecule has 0 aliphatic rings. The van der Waals surface area contributed by atoms with Gasteiger partial charge in [0, 0.05) is 19.2 Å². The molecule has 0 saturated heterocycles. The monoisotopic (exact) mass is 319 g/mol. The minimum Gasteiger partial charge on any atom is -0.497 e. The van der Waals surface area contributed by atoms with Gasteiger partial charge in [-0.15, -0.1) is 0 Å². The van der Waals surface area contributed by atoms with Crippen LogP contribution >= 0.6 is 0 Å². The first-order valence-corrected chi connectivity index (χ1v) is 7.40. The first-order valence-electron chi connectivity index (χ1n) is 7.40. The summed E-state index contributed by atoms with van der Waals surface area (Å²) >= 11 is 0. The molecule has 0 radical (unpaired) electrons. The van der Waals surface area contributed by atoms with Crippen molar-refractivity contribution in [3.8, 4) is 11.5 Å². The maximum absolute atomic E-state index is 13.2. The summed E-state index contributed by atoms with van der Waals surface area (Å²) in [6.45, 7) is 2.65. The van der Waals surface area contributed by atoms with Gasteiger partial charge in [-0.25, -0.2) is 4.39 Å². The van der Waals surface area contributed by atoms with Crippen molar-refractivity contribution in [1.29, 1.82) is 0 Å². The number of benzene rings is 2. The second-order valence-electron chi connectivity index (χ2n) is 5.38. The highest BCUT2D eigenvalue weighted by molar-refractivity contribution is 5.39. The average molecular weight is 319 g/mol. The molecular formula is C18H22FNO3. The zero-order valence-electron chi connectivity index (χ0n) is 13.6. The highest BCUT2D eigenvalue weighted by atomic mass is 19.1. The molecule has 2 N–H and O–H groups in total. The lowest BCUT2D eigenvalue weighted by Gasteiger charge is -2.15. The first kappa shape index (κ1) is 17.2. The second kappa shape index (κ2) is 7.94. The Hall–Kier alpha value is -2.11. The minimum absolute atomic E-state index is 0.211. The standard InChI is InChI=1S/C18H22FNO3/c1-12-6-13(4-5-17(12)19)10-20-11-18(21)14-7-15(22-2)9-16(8-14)23-3/h4-9,18,20-21H,10-11H2,1-3H3. The molecule has 2 aromatic carbocycles. The number of aliphatic hydroxyl groups is 1.